The van der Waals surface area contributed by atoms with Crippen molar-refractivity contribution in [3.05, 3.63) is 51.3 Å². The van der Waals surface area contributed by atoms with Crippen molar-refractivity contribution in [1.82, 2.24) is 9.55 Å². The van der Waals surface area contributed by atoms with Crippen molar-refractivity contribution in [2.24, 2.45) is 11.8 Å². The van der Waals surface area contributed by atoms with Gasteiger partial charge in [-0.3, -0.25) is 9.36 Å². The molecule has 3 N–H and O–H groups in total. The van der Waals surface area contributed by atoms with E-state index in [1.807, 2.05) is 25.1 Å². The van der Waals surface area contributed by atoms with Gasteiger partial charge in [-0.25, -0.2) is 0 Å². The second-order valence-corrected chi connectivity index (χ2v) is 7.87. The van der Waals surface area contributed by atoms with Crippen LogP contribution in [0.25, 0.3) is 16.6 Å². The third kappa shape index (κ3) is 1.52. The fourth-order valence-electron chi connectivity index (χ4n) is 5.57. The van der Waals surface area contributed by atoms with Crippen LogP contribution in [0.3, 0.4) is 0 Å². The van der Waals surface area contributed by atoms with Crippen molar-refractivity contribution in [2.75, 3.05) is 0 Å². The first-order valence-electron chi connectivity index (χ1n) is 8.85. The Bertz CT molecular complexity index is 1100. The Morgan fingerprint density at radius 2 is 1.72 bits per heavy atom. The zero-order valence-electron chi connectivity index (χ0n) is 13.8. The number of aryl methyl sites for hydroxylation is 1. The minimum Gasteiger partial charge on any atom is -0.494 e. The van der Waals surface area contributed by atoms with Gasteiger partial charge in [0.05, 0.1) is 11.2 Å². The van der Waals surface area contributed by atoms with Gasteiger partial charge in [-0.05, 0) is 61.1 Å². The lowest BCUT2D eigenvalue weighted by Gasteiger charge is -2.12. The van der Waals surface area contributed by atoms with Gasteiger partial charge >= 0.3 is 0 Å². The molecule has 6 rings (SSSR count). The number of pyridine rings is 1. The highest BCUT2D eigenvalue weighted by Gasteiger charge is 2.62. The van der Waals surface area contributed by atoms with Crippen LogP contribution in [0.4, 0.5) is 0 Å². The molecule has 2 fully saturated rings. The Kier molecular flexibility index (Phi) is 2.23. The molecular weight excluding hydrogens is 316 g/mol. The Morgan fingerprint density at radius 1 is 1.04 bits per heavy atom. The number of hydrogen-bond donors (Lipinski definition) is 3. The molecule has 2 bridgehead atoms. The van der Waals surface area contributed by atoms with Crippen LogP contribution < -0.4 is 5.56 Å². The van der Waals surface area contributed by atoms with Gasteiger partial charge in [0.15, 0.2) is 0 Å². The summed E-state index contributed by atoms with van der Waals surface area (Å²) in [5, 5.41) is 22.7. The summed E-state index contributed by atoms with van der Waals surface area (Å²) >= 11 is 0. The van der Waals surface area contributed by atoms with Crippen molar-refractivity contribution in [3.8, 4) is 17.4 Å². The van der Waals surface area contributed by atoms with Gasteiger partial charge in [-0.2, -0.15) is 0 Å². The number of aromatic hydroxyl groups is 2. The summed E-state index contributed by atoms with van der Waals surface area (Å²) < 4.78 is 1.54. The summed E-state index contributed by atoms with van der Waals surface area (Å²) in [6.45, 7) is 1.90. The number of H-pyrrole nitrogens is 1. The Balaban J connectivity index is 1.59. The van der Waals surface area contributed by atoms with Gasteiger partial charge in [0.2, 0.25) is 17.3 Å². The molecule has 3 aliphatic rings. The van der Waals surface area contributed by atoms with E-state index in [0.29, 0.717) is 34.9 Å². The lowest BCUT2D eigenvalue weighted by molar-refractivity contribution is 0.392. The van der Waals surface area contributed by atoms with E-state index in [-0.39, 0.29) is 17.3 Å². The highest BCUT2D eigenvalue weighted by Crippen LogP contribution is 2.74. The predicted octanol–water partition coefficient (Wildman–Crippen LogP) is 3.26. The minimum atomic E-state index is -0.149. The molecule has 2 heterocycles. The van der Waals surface area contributed by atoms with Crippen LogP contribution in [0.15, 0.2) is 29.1 Å². The van der Waals surface area contributed by atoms with E-state index in [1.54, 1.807) is 6.07 Å². The Hall–Kier alpha value is -2.69. The molecule has 25 heavy (non-hydrogen) atoms. The van der Waals surface area contributed by atoms with Crippen molar-refractivity contribution in [3.63, 3.8) is 0 Å². The maximum atomic E-state index is 11.8. The molecule has 0 radical (unpaired) electrons. The van der Waals surface area contributed by atoms with Crippen molar-refractivity contribution < 1.29 is 10.2 Å². The topological polar surface area (TPSA) is 78.2 Å². The monoisotopic (exact) mass is 334 g/mol. The van der Waals surface area contributed by atoms with E-state index < -0.39 is 0 Å². The summed E-state index contributed by atoms with van der Waals surface area (Å²) in [5.74, 6) is 2.54. The number of rotatable bonds is 1. The summed E-state index contributed by atoms with van der Waals surface area (Å²) in [5.41, 5.74) is 4.06. The van der Waals surface area contributed by atoms with Gasteiger partial charge in [0.25, 0.3) is 0 Å². The van der Waals surface area contributed by atoms with E-state index in [2.05, 4.69) is 4.98 Å². The molecule has 3 aromatic rings. The van der Waals surface area contributed by atoms with Gasteiger partial charge in [-0.15, -0.1) is 0 Å². The van der Waals surface area contributed by atoms with Crippen molar-refractivity contribution in [2.45, 2.75) is 31.6 Å². The average Bonchev–Trinajstić information content (AvgIpc) is 3.08. The summed E-state index contributed by atoms with van der Waals surface area (Å²) in [6.07, 6.45) is 2.31. The van der Waals surface area contributed by atoms with Gasteiger partial charge in [0.1, 0.15) is 0 Å². The van der Waals surface area contributed by atoms with Crippen LogP contribution in [0.5, 0.6) is 11.8 Å². The molecule has 4 atom stereocenters. The molecule has 0 saturated heterocycles. The first-order valence-corrected chi connectivity index (χ1v) is 8.85. The van der Waals surface area contributed by atoms with Crippen molar-refractivity contribution in [1.29, 1.82) is 0 Å². The molecule has 1 aromatic carbocycles. The number of nitrogens with zero attached hydrogens (tertiary/aromatic N) is 1. The molecule has 0 unspecified atom stereocenters. The number of fused-ring (bicyclic) bond motifs is 9. The van der Waals surface area contributed by atoms with Crippen LogP contribution in [-0.4, -0.2) is 19.8 Å². The number of nitrogens with one attached hydrogen (secondary N) is 1. The molecule has 5 nitrogen and oxygen atoms in total. The summed E-state index contributed by atoms with van der Waals surface area (Å²) in [7, 11) is 0. The highest BCUT2D eigenvalue weighted by molar-refractivity contribution is 5.84. The molecule has 3 aliphatic carbocycles. The minimum absolute atomic E-state index is 0.149. The number of hydrogen-bond acceptors (Lipinski definition) is 3. The highest BCUT2D eigenvalue weighted by atomic mass is 16.3. The van der Waals surface area contributed by atoms with E-state index in [4.69, 9.17) is 0 Å². The van der Waals surface area contributed by atoms with Crippen molar-refractivity contribution >= 4 is 10.9 Å². The largest absolute Gasteiger partial charge is 0.494 e. The number of aromatic nitrogens is 2. The molecule has 0 spiro atoms. The smallest absolute Gasteiger partial charge is 0.248 e. The van der Waals surface area contributed by atoms with Gasteiger partial charge in [-0.1, -0.05) is 6.07 Å². The lowest BCUT2D eigenvalue weighted by atomic mass is 9.95. The van der Waals surface area contributed by atoms with E-state index in [9.17, 15) is 15.0 Å². The number of aromatic amines is 1. The zero-order valence-corrected chi connectivity index (χ0v) is 13.8. The average molecular weight is 334 g/mol. The van der Waals surface area contributed by atoms with Crippen LogP contribution in [0.1, 0.15) is 41.4 Å². The third-order valence-corrected chi connectivity index (χ3v) is 6.66. The summed E-state index contributed by atoms with van der Waals surface area (Å²) in [4.78, 5) is 14.6. The van der Waals surface area contributed by atoms with E-state index >= 15 is 0 Å². The fourth-order valence-corrected chi connectivity index (χ4v) is 5.57. The maximum Gasteiger partial charge on any atom is 0.248 e. The predicted molar refractivity (Wildman–Crippen MR) is 93.7 cm³/mol. The van der Waals surface area contributed by atoms with Gasteiger partial charge in [0, 0.05) is 22.6 Å². The first kappa shape index (κ1) is 13.6. The molecule has 0 aliphatic heterocycles. The van der Waals surface area contributed by atoms with Crippen LogP contribution in [0, 0.1) is 18.8 Å². The normalized spacial score (nSPS) is 28.4. The van der Waals surface area contributed by atoms with Crippen LogP contribution in [0.2, 0.25) is 0 Å². The first-order chi connectivity index (χ1) is 12.0. The molecular formula is C20H18N2O3. The number of benzene rings is 1. The quantitative estimate of drug-likeness (QED) is 0.639. The molecule has 0 amide bonds. The molecule has 2 saturated carbocycles. The molecule has 2 aromatic heterocycles. The molecule has 126 valence electrons. The Morgan fingerprint density at radius 3 is 2.40 bits per heavy atom. The van der Waals surface area contributed by atoms with E-state index in [1.165, 1.54) is 11.0 Å². The third-order valence-electron chi connectivity index (χ3n) is 6.66. The van der Waals surface area contributed by atoms with Crippen LogP contribution in [-0.2, 0) is 0 Å². The standard InChI is InChI=1S/C20H18N2O3/c1-8-4-16(23)21-15-5-9(2-3-10(8)15)22-19(24)17-13-7-14(12-6-11(12)13)18(17)20(22)25/h2-5,11-14,24-25H,6-7H2,1H3,(H,21,23)/t11-,12+,13-,14+. The molecule has 5 heteroatoms. The van der Waals surface area contributed by atoms with Crippen LogP contribution >= 0.6 is 0 Å². The summed E-state index contributed by atoms with van der Waals surface area (Å²) in [6, 6.07) is 7.20. The SMILES string of the molecule is Cc1cc(=O)[nH]c2cc(-n3c(O)c4c(c3O)[C@@H]3C[C@H]4[C@H]4C[C@H]43)ccc12. The Labute approximate surface area is 143 Å². The fraction of sp³-hybridized carbons (Fsp3) is 0.350. The van der Waals surface area contributed by atoms with Gasteiger partial charge < -0.3 is 15.2 Å². The zero-order chi connectivity index (χ0) is 17.0. The lowest BCUT2D eigenvalue weighted by Crippen LogP contribution is -2.05. The van der Waals surface area contributed by atoms with E-state index in [0.717, 1.165) is 28.5 Å². The second kappa shape index (κ2) is 4.10. The second-order valence-electron chi connectivity index (χ2n) is 7.87. The maximum absolute atomic E-state index is 11.8.